The first kappa shape index (κ1) is 11.9. The monoisotopic (exact) mass is 230 g/mol. The van der Waals surface area contributed by atoms with E-state index in [9.17, 15) is 0 Å². The third-order valence-corrected chi connectivity index (χ3v) is 2.89. The Morgan fingerprint density at radius 1 is 1.59 bits per heavy atom. The van der Waals surface area contributed by atoms with Crippen LogP contribution in [0.3, 0.4) is 0 Å². The van der Waals surface area contributed by atoms with E-state index in [4.69, 9.17) is 6.42 Å². The zero-order valence-electron chi connectivity index (χ0n) is 10.2. The number of rotatable bonds is 6. The minimum absolute atomic E-state index is 0.615. The second-order valence-electron chi connectivity index (χ2n) is 4.43. The molecule has 4 nitrogen and oxygen atoms in total. The molecule has 1 aliphatic rings. The van der Waals surface area contributed by atoms with Crippen LogP contribution in [0.25, 0.3) is 0 Å². The number of hydrogen-bond donors (Lipinski definition) is 1. The van der Waals surface area contributed by atoms with Crippen LogP contribution in [0, 0.1) is 18.3 Å². The molecule has 0 amide bonds. The first-order valence-corrected chi connectivity index (χ1v) is 5.97. The largest absolute Gasteiger partial charge is 0.345 e. The zero-order chi connectivity index (χ0) is 12.1. The SMILES string of the molecule is C#CCN(CC1CC1)c1ncncc1CNC. The Kier molecular flexibility index (Phi) is 3.94. The summed E-state index contributed by atoms with van der Waals surface area (Å²) in [6.07, 6.45) is 11.5. The predicted molar refractivity (Wildman–Crippen MR) is 68.6 cm³/mol. The first-order valence-electron chi connectivity index (χ1n) is 5.97. The maximum absolute atomic E-state index is 5.44. The Morgan fingerprint density at radius 2 is 2.41 bits per heavy atom. The fourth-order valence-corrected chi connectivity index (χ4v) is 1.90. The Hall–Kier alpha value is -1.60. The van der Waals surface area contributed by atoms with Crippen molar-refractivity contribution in [3.63, 3.8) is 0 Å². The second-order valence-corrected chi connectivity index (χ2v) is 4.43. The molecule has 17 heavy (non-hydrogen) atoms. The van der Waals surface area contributed by atoms with Crippen molar-refractivity contribution >= 4 is 5.82 Å². The fraction of sp³-hybridized carbons (Fsp3) is 0.538. The summed E-state index contributed by atoms with van der Waals surface area (Å²) in [6.45, 7) is 2.39. The summed E-state index contributed by atoms with van der Waals surface area (Å²) in [7, 11) is 1.92. The second kappa shape index (κ2) is 5.65. The van der Waals surface area contributed by atoms with Crippen molar-refractivity contribution in [3.05, 3.63) is 18.1 Å². The molecule has 0 bridgehead atoms. The minimum Gasteiger partial charge on any atom is -0.345 e. The van der Waals surface area contributed by atoms with E-state index in [1.54, 1.807) is 6.33 Å². The average Bonchev–Trinajstić information content (AvgIpc) is 3.14. The van der Waals surface area contributed by atoms with Gasteiger partial charge in [0.05, 0.1) is 6.54 Å². The minimum atomic E-state index is 0.615. The quantitative estimate of drug-likeness (QED) is 0.742. The van der Waals surface area contributed by atoms with Gasteiger partial charge in [0.15, 0.2) is 0 Å². The summed E-state index contributed by atoms with van der Waals surface area (Å²) in [5.41, 5.74) is 1.10. The molecular formula is C13H18N4. The van der Waals surface area contributed by atoms with Crippen molar-refractivity contribution in [3.8, 4) is 12.3 Å². The lowest BCUT2D eigenvalue weighted by atomic mass is 10.2. The van der Waals surface area contributed by atoms with Gasteiger partial charge in [-0.3, -0.25) is 0 Å². The van der Waals surface area contributed by atoms with Gasteiger partial charge in [-0.2, -0.15) is 0 Å². The average molecular weight is 230 g/mol. The van der Waals surface area contributed by atoms with Gasteiger partial charge >= 0.3 is 0 Å². The summed E-state index contributed by atoms with van der Waals surface area (Å²) in [6, 6.07) is 0. The van der Waals surface area contributed by atoms with Gasteiger partial charge in [0.1, 0.15) is 12.1 Å². The molecular weight excluding hydrogens is 212 g/mol. The van der Waals surface area contributed by atoms with Gasteiger partial charge in [-0.25, -0.2) is 9.97 Å². The van der Waals surface area contributed by atoms with Crippen LogP contribution in [0.15, 0.2) is 12.5 Å². The topological polar surface area (TPSA) is 41.1 Å². The van der Waals surface area contributed by atoms with Crippen LogP contribution >= 0.6 is 0 Å². The highest BCUT2D eigenvalue weighted by Crippen LogP contribution is 2.31. The smallest absolute Gasteiger partial charge is 0.137 e. The number of terminal acetylenes is 1. The standard InChI is InChI=1S/C13H18N4/c1-3-6-17(9-11-4-5-11)13-12(7-14-2)8-15-10-16-13/h1,8,10-11,14H,4-7,9H2,2H3. The molecule has 1 aliphatic carbocycles. The van der Waals surface area contributed by atoms with E-state index >= 15 is 0 Å². The maximum atomic E-state index is 5.44. The molecule has 1 aromatic rings. The number of aromatic nitrogens is 2. The molecule has 1 aromatic heterocycles. The molecule has 0 aromatic carbocycles. The summed E-state index contributed by atoms with van der Waals surface area (Å²) in [5, 5.41) is 3.13. The molecule has 1 N–H and O–H groups in total. The van der Waals surface area contributed by atoms with Gasteiger partial charge in [0.2, 0.25) is 0 Å². The summed E-state index contributed by atoms with van der Waals surface area (Å²) >= 11 is 0. The van der Waals surface area contributed by atoms with Gasteiger partial charge in [-0.1, -0.05) is 5.92 Å². The lowest BCUT2D eigenvalue weighted by Gasteiger charge is -2.23. The van der Waals surface area contributed by atoms with Crippen molar-refractivity contribution in [2.75, 3.05) is 25.0 Å². The van der Waals surface area contributed by atoms with Gasteiger partial charge in [0.25, 0.3) is 0 Å². The van der Waals surface area contributed by atoms with Crippen molar-refractivity contribution < 1.29 is 0 Å². The lowest BCUT2D eigenvalue weighted by molar-refractivity contribution is 0.733. The van der Waals surface area contributed by atoms with Crippen LogP contribution in [-0.4, -0.2) is 30.1 Å². The van der Waals surface area contributed by atoms with Crippen LogP contribution in [0.1, 0.15) is 18.4 Å². The van der Waals surface area contributed by atoms with Gasteiger partial charge in [0, 0.05) is 24.8 Å². The van der Waals surface area contributed by atoms with Crippen molar-refractivity contribution in [1.29, 1.82) is 0 Å². The van der Waals surface area contributed by atoms with E-state index in [1.807, 2.05) is 13.2 Å². The van der Waals surface area contributed by atoms with E-state index in [1.165, 1.54) is 12.8 Å². The Balaban J connectivity index is 2.17. The van der Waals surface area contributed by atoms with Crippen LogP contribution < -0.4 is 10.2 Å². The Labute approximate surface area is 102 Å². The van der Waals surface area contributed by atoms with Crippen molar-refractivity contribution in [2.24, 2.45) is 5.92 Å². The molecule has 0 radical (unpaired) electrons. The van der Waals surface area contributed by atoms with Gasteiger partial charge in [-0.05, 0) is 25.8 Å². The molecule has 0 saturated heterocycles. The summed E-state index contributed by atoms with van der Waals surface area (Å²) < 4.78 is 0. The van der Waals surface area contributed by atoms with E-state index in [0.29, 0.717) is 6.54 Å². The molecule has 1 heterocycles. The Bertz CT molecular complexity index is 406. The van der Waals surface area contributed by atoms with E-state index < -0.39 is 0 Å². The highest BCUT2D eigenvalue weighted by Gasteiger charge is 2.25. The molecule has 0 atom stereocenters. The number of anilines is 1. The first-order chi connectivity index (χ1) is 8.35. The third-order valence-electron chi connectivity index (χ3n) is 2.89. The maximum Gasteiger partial charge on any atom is 0.137 e. The van der Waals surface area contributed by atoms with Crippen LogP contribution in [0.4, 0.5) is 5.82 Å². The zero-order valence-corrected chi connectivity index (χ0v) is 10.2. The molecule has 4 heteroatoms. The normalized spacial score (nSPS) is 14.4. The van der Waals surface area contributed by atoms with E-state index in [2.05, 4.69) is 26.1 Å². The summed E-state index contributed by atoms with van der Waals surface area (Å²) in [5.74, 6) is 4.48. The molecule has 90 valence electrons. The molecule has 2 rings (SSSR count). The molecule has 1 fully saturated rings. The van der Waals surface area contributed by atoms with E-state index in [0.717, 1.165) is 30.4 Å². The summed E-state index contributed by atoms with van der Waals surface area (Å²) in [4.78, 5) is 10.6. The van der Waals surface area contributed by atoms with E-state index in [-0.39, 0.29) is 0 Å². The van der Waals surface area contributed by atoms with Crippen LogP contribution in [0.5, 0.6) is 0 Å². The van der Waals surface area contributed by atoms with Crippen molar-refractivity contribution in [1.82, 2.24) is 15.3 Å². The molecule has 0 spiro atoms. The molecule has 0 aliphatic heterocycles. The molecule has 1 saturated carbocycles. The highest BCUT2D eigenvalue weighted by molar-refractivity contribution is 5.46. The number of nitrogens with one attached hydrogen (secondary N) is 1. The van der Waals surface area contributed by atoms with Crippen LogP contribution in [-0.2, 0) is 6.54 Å². The number of hydrogen-bond acceptors (Lipinski definition) is 4. The Morgan fingerprint density at radius 3 is 3.06 bits per heavy atom. The fourth-order valence-electron chi connectivity index (χ4n) is 1.90. The lowest BCUT2D eigenvalue weighted by Crippen LogP contribution is -2.28. The predicted octanol–water partition coefficient (Wildman–Crippen LogP) is 1.05. The van der Waals surface area contributed by atoms with Crippen LogP contribution in [0.2, 0.25) is 0 Å². The third kappa shape index (κ3) is 3.18. The van der Waals surface area contributed by atoms with Gasteiger partial charge < -0.3 is 10.2 Å². The number of nitrogens with zero attached hydrogens (tertiary/aromatic N) is 3. The highest BCUT2D eigenvalue weighted by atomic mass is 15.2. The molecule has 0 unspecified atom stereocenters. The van der Waals surface area contributed by atoms with Gasteiger partial charge in [-0.15, -0.1) is 6.42 Å². The van der Waals surface area contributed by atoms with Crippen molar-refractivity contribution in [2.45, 2.75) is 19.4 Å².